The summed E-state index contributed by atoms with van der Waals surface area (Å²) in [5, 5.41) is 4.38. The van der Waals surface area contributed by atoms with Crippen LogP contribution in [0.2, 0.25) is 0 Å². The topological polar surface area (TPSA) is 38.1 Å². The molecule has 1 unspecified atom stereocenters. The molecule has 108 valence electrons. The van der Waals surface area contributed by atoms with Gasteiger partial charge in [0.15, 0.2) is 0 Å². The van der Waals surface area contributed by atoms with Gasteiger partial charge in [-0.3, -0.25) is 4.98 Å². The smallest absolute Gasteiger partial charge is 0.141 e. The summed E-state index contributed by atoms with van der Waals surface area (Å²) >= 11 is 0. The number of fused-ring (bicyclic) bond motifs is 1. The zero-order chi connectivity index (χ0) is 14.8. The molecule has 4 heteroatoms. The molecule has 0 aliphatic rings. The fraction of sp³-hybridized carbons (Fsp3) is 0.235. The minimum Gasteiger partial charge on any atom is -0.459 e. The number of furan rings is 1. The molecule has 1 aromatic carbocycles. The van der Waals surface area contributed by atoms with Crippen molar-refractivity contribution in [3.05, 3.63) is 65.4 Å². The zero-order valence-corrected chi connectivity index (χ0v) is 12.1. The van der Waals surface area contributed by atoms with Gasteiger partial charge in [-0.2, -0.15) is 0 Å². The third-order valence-corrected chi connectivity index (χ3v) is 3.51. The Morgan fingerprint density at radius 2 is 2.14 bits per heavy atom. The summed E-state index contributed by atoms with van der Waals surface area (Å²) in [7, 11) is 0. The second kappa shape index (κ2) is 5.66. The van der Waals surface area contributed by atoms with E-state index >= 15 is 0 Å². The van der Waals surface area contributed by atoms with E-state index < -0.39 is 0 Å². The number of hydrogen-bond acceptors (Lipinski definition) is 3. The monoisotopic (exact) mass is 284 g/mol. The molecule has 0 bridgehead atoms. The highest BCUT2D eigenvalue weighted by Gasteiger charge is 2.19. The maximum Gasteiger partial charge on any atom is 0.141 e. The molecule has 0 spiro atoms. The van der Waals surface area contributed by atoms with Crippen LogP contribution in [0.5, 0.6) is 0 Å². The van der Waals surface area contributed by atoms with Gasteiger partial charge in [0.1, 0.15) is 17.2 Å². The third-order valence-electron chi connectivity index (χ3n) is 3.51. The first-order chi connectivity index (χ1) is 10.2. The van der Waals surface area contributed by atoms with Crippen molar-refractivity contribution >= 4 is 11.0 Å². The molecular weight excluding hydrogens is 267 g/mol. The van der Waals surface area contributed by atoms with Crippen molar-refractivity contribution in [2.45, 2.75) is 19.9 Å². The Balaban J connectivity index is 2.09. The van der Waals surface area contributed by atoms with Gasteiger partial charge in [0.05, 0.1) is 12.2 Å². The molecule has 0 radical (unpaired) electrons. The molecule has 0 saturated heterocycles. The maximum absolute atomic E-state index is 13.4. The number of pyridine rings is 1. The van der Waals surface area contributed by atoms with E-state index in [0.717, 1.165) is 34.4 Å². The van der Waals surface area contributed by atoms with E-state index in [4.69, 9.17) is 4.42 Å². The van der Waals surface area contributed by atoms with Crippen molar-refractivity contribution in [2.24, 2.45) is 0 Å². The molecule has 21 heavy (non-hydrogen) atoms. The molecule has 0 fully saturated rings. The predicted molar refractivity (Wildman–Crippen MR) is 80.7 cm³/mol. The Hall–Kier alpha value is -2.20. The highest BCUT2D eigenvalue weighted by atomic mass is 19.1. The van der Waals surface area contributed by atoms with E-state index in [-0.39, 0.29) is 11.9 Å². The zero-order valence-electron chi connectivity index (χ0n) is 12.1. The van der Waals surface area contributed by atoms with E-state index in [2.05, 4.69) is 10.3 Å². The lowest BCUT2D eigenvalue weighted by atomic mass is 10.1. The molecule has 0 saturated carbocycles. The SMILES string of the molecule is CCNC(c1cncc(F)c1)c1cc2cccc(C)c2o1. The summed E-state index contributed by atoms with van der Waals surface area (Å²) in [6.45, 7) is 4.77. The Morgan fingerprint density at radius 1 is 1.29 bits per heavy atom. The van der Waals surface area contributed by atoms with Crippen molar-refractivity contribution in [1.29, 1.82) is 0 Å². The molecular formula is C17H17FN2O. The van der Waals surface area contributed by atoms with Crippen molar-refractivity contribution < 1.29 is 8.81 Å². The van der Waals surface area contributed by atoms with Gasteiger partial charge in [-0.15, -0.1) is 0 Å². The number of aromatic nitrogens is 1. The van der Waals surface area contributed by atoms with Gasteiger partial charge in [0, 0.05) is 11.6 Å². The lowest BCUT2D eigenvalue weighted by Crippen LogP contribution is -2.21. The quantitative estimate of drug-likeness (QED) is 0.787. The van der Waals surface area contributed by atoms with Gasteiger partial charge in [0.2, 0.25) is 0 Å². The number of benzene rings is 1. The van der Waals surface area contributed by atoms with Gasteiger partial charge in [-0.25, -0.2) is 4.39 Å². The molecule has 0 aliphatic carbocycles. The molecule has 1 atom stereocenters. The number of nitrogens with zero attached hydrogens (tertiary/aromatic N) is 1. The van der Waals surface area contributed by atoms with Gasteiger partial charge in [0.25, 0.3) is 0 Å². The molecule has 3 nitrogen and oxygen atoms in total. The lowest BCUT2D eigenvalue weighted by molar-refractivity contribution is 0.473. The first-order valence-electron chi connectivity index (χ1n) is 7.02. The van der Waals surface area contributed by atoms with E-state index in [1.54, 1.807) is 6.20 Å². The number of para-hydroxylation sites is 1. The van der Waals surface area contributed by atoms with Crippen LogP contribution in [0.1, 0.15) is 29.9 Å². The summed E-state index contributed by atoms with van der Waals surface area (Å²) in [5.74, 6) is 0.427. The minimum atomic E-state index is -0.345. The second-order valence-electron chi connectivity index (χ2n) is 5.07. The van der Waals surface area contributed by atoms with E-state index in [1.807, 2.05) is 38.1 Å². The van der Waals surface area contributed by atoms with Crippen molar-refractivity contribution in [3.63, 3.8) is 0 Å². The number of nitrogens with one attached hydrogen (secondary N) is 1. The van der Waals surface area contributed by atoms with Crippen LogP contribution >= 0.6 is 0 Å². The van der Waals surface area contributed by atoms with Crippen LogP contribution in [-0.2, 0) is 0 Å². The van der Waals surface area contributed by atoms with Crippen LogP contribution in [0.4, 0.5) is 4.39 Å². The summed E-state index contributed by atoms with van der Waals surface area (Å²) in [6, 6.07) is 9.32. The van der Waals surface area contributed by atoms with Crippen LogP contribution in [0.15, 0.2) is 47.1 Å². The number of hydrogen-bond donors (Lipinski definition) is 1. The van der Waals surface area contributed by atoms with Crippen molar-refractivity contribution in [1.82, 2.24) is 10.3 Å². The van der Waals surface area contributed by atoms with Gasteiger partial charge in [-0.05, 0) is 36.7 Å². The normalized spacial score (nSPS) is 12.7. The molecule has 1 N–H and O–H groups in total. The fourth-order valence-corrected chi connectivity index (χ4v) is 2.54. The summed E-state index contributed by atoms with van der Waals surface area (Å²) in [4.78, 5) is 3.93. The maximum atomic E-state index is 13.4. The fourth-order valence-electron chi connectivity index (χ4n) is 2.54. The predicted octanol–water partition coefficient (Wildman–Crippen LogP) is 3.97. The third kappa shape index (κ3) is 2.67. The number of aryl methyl sites for hydroxylation is 1. The first kappa shape index (κ1) is 13.8. The Bertz CT molecular complexity index is 766. The molecule has 2 heterocycles. The van der Waals surface area contributed by atoms with Crippen LogP contribution in [0.3, 0.4) is 0 Å². The van der Waals surface area contributed by atoms with E-state index in [9.17, 15) is 4.39 Å². The Labute approximate surface area is 122 Å². The standard InChI is InChI=1S/C17H17FN2O/c1-3-20-16(13-7-14(18)10-19-9-13)15-8-12-6-4-5-11(2)17(12)21-15/h4-10,16,20H,3H2,1-2H3. The number of halogens is 1. The van der Waals surface area contributed by atoms with Crippen LogP contribution < -0.4 is 5.32 Å². The first-order valence-corrected chi connectivity index (χ1v) is 7.02. The van der Waals surface area contributed by atoms with Crippen LogP contribution in [0, 0.1) is 12.7 Å². The van der Waals surface area contributed by atoms with Gasteiger partial charge >= 0.3 is 0 Å². The van der Waals surface area contributed by atoms with E-state index in [1.165, 1.54) is 12.3 Å². The van der Waals surface area contributed by atoms with Crippen molar-refractivity contribution in [3.8, 4) is 0 Å². The average molecular weight is 284 g/mol. The Kier molecular flexibility index (Phi) is 3.71. The average Bonchev–Trinajstić information content (AvgIpc) is 2.90. The van der Waals surface area contributed by atoms with Gasteiger partial charge in [-0.1, -0.05) is 25.1 Å². The lowest BCUT2D eigenvalue weighted by Gasteiger charge is -2.15. The summed E-state index contributed by atoms with van der Waals surface area (Å²) < 4.78 is 19.4. The summed E-state index contributed by atoms with van der Waals surface area (Å²) in [6.07, 6.45) is 2.87. The van der Waals surface area contributed by atoms with Gasteiger partial charge < -0.3 is 9.73 Å². The molecule has 3 rings (SSSR count). The second-order valence-corrected chi connectivity index (χ2v) is 5.07. The van der Waals surface area contributed by atoms with Crippen LogP contribution in [-0.4, -0.2) is 11.5 Å². The highest BCUT2D eigenvalue weighted by molar-refractivity contribution is 5.81. The summed E-state index contributed by atoms with van der Waals surface area (Å²) in [5.41, 5.74) is 2.72. The minimum absolute atomic E-state index is 0.204. The van der Waals surface area contributed by atoms with Crippen molar-refractivity contribution in [2.75, 3.05) is 6.54 Å². The highest BCUT2D eigenvalue weighted by Crippen LogP contribution is 2.29. The molecule has 0 aliphatic heterocycles. The Morgan fingerprint density at radius 3 is 2.86 bits per heavy atom. The largest absolute Gasteiger partial charge is 0.459 e. The molecule has 2 aromatic heterocycles. The van der Waals surface area contributed by atoms with E-state index in [0.29, 0.717) is 0 Å². The molecule has 3 aromatic rings. The van der Waals surface area contributed by atoms with Crippen LogP contribution in [0.25, 0.3) is 11.0 Å². The molecule has 0 amide bonds. The number of rotatable bonds is 4.